The van der Waals surface area contributed by atoms with E-state index in [2.05, 4.69) is 20.2 Å². The van der Waals surface area contributed by atoms with Gasteiger partial charge in [0.25, 0.3) is 5.91 Å². The summed E-state index contributed by atoms with van der Waals surface area (Å²) in [6.07, 6.45) is 3.61. The molecule has 1 amide bonds. The SMILES string of the molecule is CN1C[C@@H](NC(=O)c2cccc3[nH]c(=O)oc23)[C@H](c2cncn2C)C1. The normalized spacial score (nSPS) is 21.0. The summed E-state index contributed by atoms with van der Waals surface area (Å²) in [6.45, 7) is 1.59. The third-order valence-electron chi connectivity index (χ3n) is 4.74. The standard InChI is InChI=1S/C17H19N5O3/c1-21-7-11(14-6-18-9-22(14)2)13(8-21)19-16(23)10-4-3-5-12-15(10)25-17(24)20-12/h3-6,9,11,13H,7-8H2,1-2H3,(H,19,23)(H,20,24)/t11-,13-/m1/s1. The van der Waals surface area contributed by atoms with Crippen molar-refractivity contribution in [1.82, 2.24) is 24.8 Å². The number of benzene rings is 1. The minimum Gasteiger partial charge on any atom is -0.407 e. The van der Waals surface area contributed by atoms with Gasteiger partial charge in [-0.2, -0.15) is 0 Å². The van der Waals surface area contributed by atoms with Crippen molar-refractivity contribution in [2.45, 2.75) is 12.0 Å². The van der Waals surface area contributed by atoms with Crippen LogP contribution in [0.2, 0.25) is 0 Å². The van der Waals surface area contributed by atoms with Gasteiger partial charge in [0, 0.05) is 37.9 Å². The van der Waals surface area contributed by atoms with Crippen LogP contribution >= 0.6 is 0 Å². The van der Waals surface area contributed by atoms with E-state index in [4.69, 9.17) is 4.42 Å². The van der Waals surface area contributed by atoms with Crippen molar-refractivity contribution in [3.05, 3.63) is 52.5 Å². The molecule has 2 atom stereocenters. The molecule has 1 aromatic carbocycles. The topological polar surface area (TPSA) is 96.2 Å². The van der Waals surface area contributed by atoms with E-state index in [0.29, 0.717) is 11.1 Å². The number of carbonyl (C=O) groups is 1. The Morgan fingerprint density at radius 1 is 1.36 bits per heavy atom. The first kappa shape index (κ1) is 15.6. The van der Waals surface area contributed by atoms with E-state index >= 15 is 0 Å². The molecule has 8 nitrogen and oxygen atoms in total. The van der Waals surface area contributed by atoms with Crippen LogP contribution in [0.1, 0.15) is 22.0 Å². The molecule has 2 aromatic heterocycles. The van der Waals surface area contributed by atoms with E-state index in [9.17, 15) is 9.59 Å². The number of H-pyrrole nitrogens is 1. The van der Waals surface area contributed by atoms with E-state index in [1.54, 1.807) is 24.5 Å². The van der Waals surface area contributed by atoms with Crippen LogP contribution in [-0.2, 0) is 7.05 Å². The maximum Gasteiger partial charge on any atom is 0.417 e. The fourth-order valence-electron chi connectivity index (χ4n) is 3.57. The number of likely N-dealkylation sites (N-methyl/N-ethyl adjacent to an activating group) is 1. The zero-order valence-electron chi connectivity index (χ0n) is 14.0. The van der Waals surface area contributed by atoms with Crippen LogP contribution in [0, 0.1) is 0 Å². The first-order chi connectivity index (χ1) is 12.0. The van der Waals surface area contributed by atoms with E-state index in [1.807, 2.05) is 24.9 Å². The Morgan fingerprint density at radius 2 is 2.20 bits per heavy atom. The van der Waals surface area contributed by atoms with E-state index in [0.717, 1.165) is 18.8 Å². The first-order valence-electron chi connectivity index (χ1n) is 8.10. The number of carbonyl (C=O) groups excluding carboxylic acids is 1. The Bertz CT molecular complexity index is 985. The van der Waals surface area contributed by atoms with Crippen molar-refractivity contribution in [3.63, 3.8) is 0 Å². The van der Waals surface area contributed by atoms with Crippen LogP contribution in [0.3, 0.4) is 0 Å². The van der Waals surface area contributed by atoms with Gasteiger partial charge in [0.1, 0.15) is 0 Å². The molecule has 1 fully saturated rings. The maximum atomic E-state index is 12.8. The lowest BCUT2D eigenvalue weighted by molar-refractivity contribution is 0.0936. The van der Waals surface area contributed by atoms with Crippen molar-refractivity contribution in [1.29, 1.82) is 0 Å². The Balaban J connectivity index is 1.63. The molecule has 0 saturated carbocycles. The third-order valence-corrected chi connectivity index (χ3v) is 4.74. The zero-order valence-corrected chi connectivity index (χ0v) is 14.0. The van der Waals surface area contributed by atoms with Crippen LogP contribution < -0.4 is 11.1 Å². The van der Waals surface area contributed by atoms with Crippen LogP contribution in [-0.4, -0.2) is 51.5 Å². The van der Waals surface area contributed by atoms with Crippen molar-refractivity contribution >= 4 is 17.0 Å². The molecule has 0 unspecified atom stereocenters. The quantitative estimate of drug-likeness (QED) is 0.730. The lowest BCUT2D eigenvalue weighted by Crippen LogP contribution is -2.40. The number of hydrogen-bond acceptors (Lipinski definition) is 5. The van der Waals surface area contributed by atoms with Crippen molar-refractivity contribution in [2.75, 3.05) is 20.1 Å². The lowest BCUT2D eigenvalue weighted by atomic mass is 9.99. The minimum absolute atomic E-state index is 0.0474. The summed E-state index contributed by atoms with van der Waals surface area (Å²) < 4.78 is 7.11. The molecular formula is C17H19N5O3. The molecule has 4 rings (SSSR count). The number of likely N-dealkylation sites (tertiary alicyclic amines) is 1. The summed E-state index contributed by atoms with van der Waals surface area (Å²) in [5, 5.41) is 3.09. The van der Waals surface area contributed by atoms with Gasteiger partial charge < -0.3 is 19.2 Å². The molecule has 0 bridgehead atoms. The summed E-state index contributed by atoms with van der Waals surface area (Å²) in [4.78, 5) is 33.2. The van der Waals surface area contributed by atoms with E-state index in [-0.39, 0.29) is 23.4 Å². The number of aromatic nitrogens is 3. The molecule has 25 heavy (non-hydrogen) atoms. The molecule has 0 spiro atoms. The summed E-state index contributed by atoms with van der Waals surface area (Å²) >= 11 is 0. The number of para-hydroxylation sites is 1. The van der Waals surface area contributed by atoms with Crippen molar-refractivity contribution in [2.24, 2.45) is 7.05 Å². The molecule has 1 saturated heterocycles. The number of oxazole rings is 1. The average molecular weight is 341 g/mol. The second-order valence-electron chi connectivity index (χ2n) is 6.53. The monoisotopic (exact) mass is 341 g/mol. The number of imidazole rings is 1. The zero-order chi connectivity index (χ0) is 17.6. The van der Waals surface area contributed by atoms with Gasteiger partial charge in [-0.1, -0.05) is 6.07 Å². The van der Waals surface area contributed by atoms with Gasteiger partial charge in [-0.05, 0) is 19.2 Å². The van der Waals surface area contributed by atoms with Gasteiger partial charge in [0.05, 0.1) is 23.4 Å². The van der Waals surface area contributed by atoms with Gasteiger partial charge in [0.2, 0.25) is 0 Å². The molecule has 1 aliphatic heterocycles. The van der Waals surface area contributed by atoms with E-state index in [1.165, 1.54) is 0 Å². The second-order valence-corrected chi connectivity index (χ2v) is 6.53. The highest BCUT2D eigenvalue weighted by Gasteiger charge is 2.35. The average Bonchev–Trinajstić information content (AvgIpc) is 3.24. The van der Waals surface area contributed by atoms with Crippen molar-refractivity contribution < 1.29 is 9.21 Å². The summed E-state index contributed by atoms with van der Waals surface area (Å²) in [6, 6.07) is 5.04. The van der Waals surface area contributed by atoms with Gasteiger partial charge in [-0.3, -0.25) is 9.78 Å². The fraction of sp³-hybridized carbons (Fsp3) is 0.353. The molecule has 8 heteroatoms. The molecule has 1 aliphatic rings. The minimum atomic E-state index is -0.566. The second kappa shape index (κ2) is 5.89. The van der Waals surface area contributed by atoms with Crippen LogP contribution in [0.25, 0.3) is 11.1 Å². The number of nitrogens with one attached hydrogen (secondary N) is 2. The van der Waals surface area contributed by atoms with Crippen molar-refractivity contribution in [3.8, 4) is 0 Å². The molecular weight excluding hydrogens is 322 g/mol. The lowest BCUT2D eigenvalue weighted by Gasteiger charge is -2.20. The third kappa shape index (κ3) is 2.74. The Morgan fingerprint density at radius 3 is 2.96 bits per heavy atom. The molecule has 0 aliphatic carbocycles. The Labute approximate surface area is 143 Å². The fourth-order valence-corrected chi connectivity index (χ4v) is 3.57. The van der Waals surface area contributed by atoms with Crippen LogP contribution in [0.4, 0.5) is 0 Å². The highest BCUT2D eigenvalue weighted by molar-refractivity contribution is 6.04. The Hall–Kier alpha value is -2.87. The summed E-state index contributed by atoms with van der Waals surface area (Å²) in [5.41, 5.74) is 2.24. The molecule has 3 aromatic rings. The molecule has 2 N–H and O–H groups in total. The van der Waals surface area contributed by atoms with Crippen LogP contribution in [0.5, 0.6) is 0 Å². The molecule has 3 heterocycles. The number of hydrogen-bond donors (Lipinski definition) is 2. The predicted octanol–water partition coefficient (Wildman–Crippen LogP) is 0.682. The molecule has 0 radical (unpaired) electrons. The number of aryl methyl sites for hydroxylation is 1. The Kier molecular flexibility index (Phi) is 3.69. The van der Waals surface area contributed by atoms with E-state index < -0.39 is 5.76 Å². The predicted molar refractivity (Wildman–Crippen MR) is 91.5 cm³/mol. The van der Waals surface area contributed by atoms with Gasteiger partial charge in [0.15, 0.2) is 5.58 Å². The number of fused-ring (bicyclic) bond motifs is 1. The van der Waals surface area contributed by atoms with Gasteiger partial charge in [-0.25, -0.2) is 9.78 Å². The summed E-state index contributed by atoms with van der Waals surface area (Å²) in [7, 11) is 3.98. The number of nitrogens with zero attached hydrogens (tertiary/aromatic N) is 3. The molecule has 130 valence electrons. The van der Waals surface area contributed by atoms with Gasteiger partial charge in [-0.15, -0.1) is 0 Å². The number of aromatic amines is 1. The highest BCUT2D eigenvalue weighted by Crippen LogP contribution is 2.27. The smallest absolute Gasteiger partial charge is 0.407 e. The highest BCUT2D eigenvalue weighted by atomic mass is 16.4. The van der Waals surface area contributed by atoms with Gasteiger partial charge >= 0.3 is 5.76 Å². The maximum absolute atomic E-state index is 12.8. The first-order valence-corrected chi connectivity index (χ1v) is 8.10. The van der Waals surface area contributed by atoms with Crippen LogP contribution in [0.15, 0.2) is 39.9 Å². The number of amides is 1. The number of rotatable bonds is 3. The largest absolute Gasteiger partial charge is 0.417 e. The summed E-state index contributed by atoms with van der Waals surface area (Å²) in [5.74, 6) is -0.664.